The second-order valence-electron chi connectivity index (χ2n) is 7.28. The summed E-state index contributed by atoms with van der Waals surface area (Å²) in [6.45, 7) is 1.84. The zero-order valence-corrected chi connectivity index (χ0v) is 15.2. The van der Waals surface area contributed by atoms with Gasteiger partial charge < -0.3 is 19.5 Å². The number of H-pyrrole nitrogens is 1. The van der Waals surface area contributed by atoms with E-state index >= 15 is 0 Å². The summed E-state index contributed by atoms with van der Waals surface area (Å²) in [6, 6.07) is 5.72. The number of aliphatic hydroxyl groups is 1. The van der Waals surface area contributed by atoms with E-state index < -0.39 is 5.60 Å². The first-order valence-corrected chi connectivity index (χ1v) is 8.71. The fraction of sp³-hybridized carbons (Fsp3) is 0.556. The fourth-order valence-electron chi connectivity index (χ4n) is 3.59. The van der Waals surface area contributed by atoms with Gasteiger partial charge in [-0.3, -0.25) is 9.89 Å². The van der Waals surface area contributed by atoms with E-state index in [1.807, 2.05) is 53.8 Å². The first-order valence-electron chi connectivity index (χ1n) is 8.71. The zero-order chi connectivity index (χ0) is 18.0. The lowest BCUT2D eigenvalue weighted by atomic mass is 9.94. The van der Waals surface area contributed by atoms with Gasteiger partial charge in [-0.2, -0.15) is 5.10 Å². The Labute approximate surface area is 148 Å². The van der Waals surface area contributed by atoms with Gasteiger partial charge in [0.25, 0.3) is 5.91 Å². The van der Waals surface area contributed by atoms with Crippen molar-refractivity contribution in [1.82, 2.24) is 24.6 Å². The number of carbonyl (C=O) groups is 1. The Balaban J connectivity index is 1.69. The average molecular weight is 345 g/mol. The van der Waals surface area contributed by atoms with E-state index in [-0.39, 0.29) is 5.91 Å². The lowest BCUT2D eigenvalue weighted by Gasteiger charge is -2.29. The molecule has 7 nitrogen and oxygen atoms in total. The summed E-state index contributed by atoms with van der Waals surface area (Å²) < 4.78 is 1.97. The highest BCUT2D eigenvalue weighted by Gasteiger charge is 2.32. The second-order valence-corrected chi connectivity index (χ2v) is 7.28. The number of aromatic amines is 1. The maximum absolute atomic E-state index is 12.8. The fourth-order valence-corrected chi connectivity index (χ4v) is 3.59. The molecule has 0 spiro atoms. The number of amides is 1. The summed E-state index contributed by atoms with van der Waals surface area (Å²) in [5, 5.41) is 17.9. The average Bonchev–Trinajstić information content (AvgIpc) is 3.13. The Morgan fingerprint density at radius 1 is 1.40 bits per heavy atom. The molecule has 2 aromatic heterocycles. The van der Waals surface area contributed by atoms with E-state index in [0.717, 1.165) is 17.8 Å². The predicted octanol–water partition coefficient (Wildman–Crippen LogP) is 1.33. The van der Waals surface area contributed by atoms with Gasteiger partial charge in [-0.25, -0.2) is 0 Å². The first-order chi connectivity index (χ1) is 11.9. The number of nitrogens with zero attached hydrogens (tertiary/aromatic N) is 4. The maximum Gasteiger partial charge on any atom is 0.271 e. The van der Waals surface area contributed by atoms with Crippen molar-refractivity contribution in [3.05, 3.63) is 30.1 Å². The van der Waals surface area contributed by atoms with Gasteiger partial charge in [0.05, 0.1) is 11.3 Å². The molecule has 1 fully saturated rings. The molecule has 3 heterocycles. The maximum atomic E-state index is 12.8. The molecule has 1 amide bonds. The topological polar surface area (TPSA) is 77.4 Å². The van der Waals surface area contributed by atoms with Crippen LogP contribution >= 0.6 is 0 Å². The van der Waals surface area contributed by atoms with Crippen molar-refractivity contribution < 1.29 is 9.90 Å². The van der Waals surface area contributed by atoms with Crippen LogP contribution in [0.15, 0.2) is 24.4 Å². The monoisotopic (exact) mass is 345 g/mol. The van der Waals surface area contributed by atoms with Crippen LogP contribution in [-0.4, -0.2) is 74.9 Å². The lowest BCUT2D eigenvalue weighted by molar-refractivity contribution is 0.00303. The first kappa shape index (κ1) is 17.7. The predicted molar refractivity (Wildman–Crippen MR) is 96.3 cm³/mol. The molecule has 0 aliphatic carbocycles. The molecule has 3 rings (SSSR count). The largest absolute Gasteiger partial charge is 0.388 e. The van der Waals surface area contributed by atoms with Gasteiger partial charge in [0, 0.05) is 32.9 Å². The summed E-state index contributed by atoms with van der Waals surface area (Å²) >= 11 is 0. The molecule has 1 saturated heterocycles. The van der Waals surface area contributed by atoms with Gasteiger partial charge in [-0.15, -0.1) is 0 Å². The molecule has 7 heteroatoms. The molecule has 25 heavy (non-hydrogen) atoms. The van der Waals surface area contributed by atoms with Gasteiger partial charge >= 0.3 is 0 Å². The Morgan fingerprint density at radius 2 is 2.20 bits per heavy atom. The van der Waals surface area contributed by atoms with Gasteiger partial charge in [0.2, 0.25) is 0 Å². The van der Waals surface area contributed by atoms with E-state index in [1.54, 1.807) is 6.07 Å². The molecule has 1 aliphatic heterocycles. The van der Waals surface area contributed by atoms with E-state index in [1.165, 1.54) is 0 Å². The smallest absolute Gasteiger partial charge is 0.271 e. The Bertz CT molecular complexity index is 735. The number of carbonyl (C=O) groups excluding carboxylic acids is 1. The third-order valence-electron chi connectivity index (χ3n) is 4.83. The van der Waals surface area contributed by atoms with Crippen molar-refractivity contribution in [3.63, 3.8) is 0 Å². The summed E-state index contributed by atoms with van der Waals surface area (Å²) in [5.41, 5.74) is 1.50. The van der Waals surface area contributed by atoms with Crippen molar-refractivity contribution in [3.8, 4) is 11.4 Å². The van der Waals surface area contributed by atoms with Crippen LogP contribution in [0.2, 0.25) is 0 Å². The number of hydrogen-bond donors (Lipinski definition) is 2. The van der Waals surface area contributed by atoms with Crippen LogP contribution in [0.5, 0.6) is 0 Å². The number of aromatic nitrogens is 3. The Kier molecular flexibility index (Phi) is 4.96. The van der Waals surface area contributed by atoms with Crippen molar-refractivity contribution >= 4 is 5.91 Å². The van der Waals surface area contributed by atoms with Crippen molar-refractivity contribution in [2.24, 2.45) is 7.05 Å². The summed E-state index contributed by atoms with van der Waals surface area (Å²) in [6.07, 6.45) is 4.06. The Morgan fingerprint density at radius 3 is 2.88 bits per heavy atom. The molecule has 0 saturated carbocycles. The van der Waals surface area contributed by atoms with Crippen molar-refractivity contribution in [2.45, 2.75) is 24.9 Å². The third kappa shape index (κ3) is 3.93. The van der Waals surface area contributed by atoms with E-state index in [9.17, 15) is 9.90 Å². The number of hydrogen-bond acceptors (Lipinski definition) is 4. The number of nitrogens with one attached hydrogen (secondary N) is 1. The zero-order valence-electron chi connectivity index (χ0n) is 15.2. The van der Waals surface area contributed by atoms with Gasteiger partial charge in [0.1, 0.15) is 11.4 Å². The lowest BCUT2D eigenvalue weighted by Crippen LogP contribution is -2.41. The highest BCUT2D eigenvalue weighted by atomic mass is 16.3. The number of likely N-dealkylation sites (N-methyl/N-ethyl adjacent to an activating group) is 1. The Hall–Kier alpha value is -2.12. The minimum absolute atomic E-state index is 0.0536. The summed E-state index contributed by atoms with van der Waals surface area (Å²) in [4.78, 5) is 16.6. The second kappa shape index (κ2) is 7.01. The number of likely N-dealkylation sites (tertiary alicyclic amines) is 1. The quantitative estimate of drug-likeness (QED) is 0.876. The molecule has 136 valence electrons. The number of aryl methyl sites for hydroxylation is 1. The standard InChI is InChI=1S/C18H27N5O2/c1-21(2)13-18(25)7-5-10-23(11-8-18)17(24)15-12-14(19-20-15)16-6-4-9-22(16)3/h4,6,9,12,25H,5,7-8,10-11,13H2,1-3H3,(H,19,20)/t18-/m0/s1. The molecule has 0 unspecified atom stereocenters. The normalized spacial score (nSPS) is 21.6. The molecule has 1 aliphatic rings. The highest BCUT2D eigenvalue weighted by molar-refractivity contribution is 5.93. The molecular formula is C18H27N5O2. The van der Waals surface area contributed by atoms with E-state index in [4.69, 9.17) is 0 Å². The van der Waals surface area contributed by atoms with Crippen LogP contribution in [0.4, 0.5) is 0 Å². The van der Waals surface area contributed by atoms with Crippen LogP contribution in [0.3, 0.4) is 0 Å². The van der Waals surface area contributed by atoms with Crippen LogP contribution in [0.25, 0.3) is 11.4 Å². The highest BCUT2D eigenvalue weighted by Crippen LogP contribution is 2.24. The number of rotatable bonds is 4. The van der Waals surface area contributed by atoms with Crippen LogP contribution in [0, 0.1) is 0 Å². The molecule has 0 bridgehead atoms. The minimum Gasteiger partial charge on any atom is -0.388 e. The van der Waals surface area contributed by atoms with Gasteiger partial charge in [0.15, 0.2) is 0 Å². The molecule has 1 atom stereocenters. The third-order valence-corrected chi connectivity index (χ3v) is 4.83. The molecule has 0 radical (unpaired) electrons. The summed E-state index contributed by atoms with van der Waals surface area (Å²) in [7, 11) is 5.87. The molecule has 2 aromatic rings. The van der Waals surface area contributed by atoms with Gasteiger partial charge in [-0.05, 0) is 51.6 Å². The van der Waals surface area contributed by atoms with Crippen molar-refractivity contribution in [1.29, 1.82) is 0 Å². The molecule has 2 N–H and O–H groups in total. The van der Waals surface area contributed by atoms with Crippen LogP contribution in [0.1, 0.15) is 29.8 Å². The SMILES string of the molecule is CN(C)C[C@]1(O)CCCN(C(=O)c2cc(-c3cccn3C)n[nH]2)CC1. The van der Waals surface area contributed by atoms with E-state index in [0.29, 0.717) is 38.2 Å². The molecular weight excluding hydrogens is 318 g/mol. The minimum atomic E-state index is -0.722. The van der Waals surface area contributed by atoms with Crippen molar-refractivity contribution in [2.75, 3.05) is 33.7 Å². The van der Waals surface area contributed by atoms with Crippen LogP contribution < -0.4 is 0 Å². The van der Waals surface area contributed by atoms with Gasteiger partial charge in [-0.1, -0.05) is 0 Å². The van der Waals surface area contributed by atoms with Crippen LogP contribution in [-0.2, 0) is 7.05 Å². The molecule has 0 aromatic carbocycles. The summed E-state index contributed by atoms with van der Waals surface area (Å²) in [5.74, 6) is -0.0536. The van der Waals surface area contributed by atoms with E-state index in [2.05, 4.69) is 10.2 Å².